The maximum Gasteiger partial charge on any atom is 0.181 e. The lowest BCUT2D eigenvalue weighted by atomic mass is 10.1. The topological polar surface area (TPSA) is 43.1 Å². The smallest absolute Gasteiger partial charge is 0.181 e. The van der Waals surface area contributed by atoms with Crippen LogP contribution in [0.15, 0.2) is 29.0 Å². The van der Waals surface area contributed by atoms with Crippen molar-refractivity contribution in [2.24, 2.45) is 0 Å². The molecule has 0 spiro atoms. The maximum absolute atomic E-state index is 11.0. The number of nitrogens with zero attached hydrogens (tertiary/aromatic N) is 1. The van der Waals surface area contributed by atoms with Crippen molar-refractivity contribution < 1.29 is 9.21 Å². The molecule has 3 heteroatoms. The van der Waals surface area contributed by atoms with E-state index < -0.39 is 0 Å². The highest BCUT2D eigenvalue weighted by molar-refractivity contribution is 5.96. The molecule has 0 aliphatic carbocycles. The third kappa shape index (κ3) is 0.993. The standard InChI is InChI=1S/C9H7NO2/c1-6(11)7-2-3-9-8(4-7)10-5-12-9/h2-5H,1H3. The van der Waals surface area contributed by atoms with Gasteiger partial charge in [-0.05, 0) is 25.1 Å². The summed E-state index contributed by atoms with van der Waals surface area (Å²) in [4.78, 5) is 14.9. The van der Waals surface area contributed by atoms with Gasteiger partial charge in [0.05, 0.1) is 0 Å². The van der Waals surface area contributed by atoms with E-state index >= 15 is 0 Å². The van der Waals surface area contributed by atoms with Crippen LogP contribution in [0.25, 0.3) is 11.1 Å². The molecule has 0 fully saturated rings. The van der Waals surface area contributed by atoms with Crippen LogP contribution in [0, 0.1) is 0 Å². The molecule has 12 heavy (non-hydrogen) atoms. The molecule has 0 atom stereocenters. The molecule has 0 saturated carbocycles. The Balaban J connectivity index is 2.68. The van der Waals surface area contributed by atoms with Gasteiger partial charge in [0, 0.05) is 5.56 Å². The summed E-state index contributed by atoms with van der Waals surface area (Å²) >= 11 is 0. The monoisotopic (exact) mass is 161 g/mol. The summed E-state index contributed by atoms with van der Waals surface area (Å²) in [6, 6.07) is 5.20. The van der Waals surface area contributed by atoms with E-state index in [2.05, 4.69) is 4.98 Å². The van der Waals surface area contributed by atoms with Crippen molar-refractivity contribution in [3.8, 4) is 0 Å². The average Bonchev–Trinajstić information content (AvgIpc) is 2.49. The third-order valence-electron chi connectivity index (χ3n) is 1.74. The van der Waals surface area contributed by atoms with Gasteiger partial charge in [0.15, 0.2) is 17.8 Å². The molecule has 1 heterocycles. The fourth-order valence-electron chi connectivity index (χ4n) is 1.08. The van der Waals surface area contributed by atoms with Gasteiger partial charge in [-0.15, -0.1) is 0 Å². The molecular formula is C9H7NO2. The minimum atomic E-state index is 0.0416. The first-order chi connectivity index (χ1) is 5.77. The number of ketones is 1. The van der Waals surface area contributed by atoms with Crippen molar-refractivity contribution in [3.05, 3.63) is 30.2 Å². The predicted octanol–water partition coefficient (Wildman–Crippen LogP) is 2.03. The second kappa shape index (κ2) is 2.44. The number of rotatable bonds is 1. The van der Waals surface area contributed by atoms with Crippen LogP contribution in [-0.2, 0) is 0 Å². The molecule has 1 aromatic carbocycles. The second-order valence-electron chi connectivity index (χ2n) is 2.59. The quantitative estimate of drug-likeness (QED) is 0.601. The van der Waals surface area contributed by atoms with Crippen LogP contribution in [-0.4, -0.2) is 10.8 Å². The van der Waals surface area contributed by atoms with Crippen molar-refractivity contribution in [2.45, 2.75) is 6.92 Å². The molecule has 2 aromatic rings. The van der Waals surface area contributed by atoms with Gasteiger partial charge in [-0.1, -0.05) is 0 Å². The maximum atomic E-state index is 11.0. The zero-order chi connectivity index (χ0) is 8.55. The molecule has 0 unspecified atom stereocenters. The van der Waals surface area contributed by atoms with Gasteiger partial charge < -0.3 is 4.42 Å². The Bertz CT molecular complexity index is 431. The summed E-state index contributed by atoms with van der Waals surface area (Å²) in [6.45, 7) is 1.53. The number of benzene rings is 1. The molecule has 0 bridgehead atoms. The molecule has 60 valence electrons. The Morgan fingerprint density at radius 2 is 2.33 bits per heavy atom. The first-order valence-electron chi connectivity index (χ1n) is 3.61. The van der Waals surface area contributed by atoms with E-state index in [1.807, 2.05) is 0 Å². The SMILES string of the molecule is CC(=O)c1ccc2ocnc2c1. The van der Waals surface area contributed by atoms with Crippen LogP contribution in [0.4, 0.5) is 0 Å². The van der Waals surface area contributed by atoms with Gasteiger partial charge >= 0.3 is 0 Å². The van der Waals surface area contributed by atoms with Crippen LogP contribution in [0.1, 0.15) is 17.3 Å². The highest BCUT2D eigenvalue weighted by Gasteiger charge is 2.02. The van der Waals surface area contributed by atoms with E-state index in [9.17, 15) is 4.79 Å². The van der Waals surface area contributed by atoms with Gasteiger partial charge in [0.25, 0.3) is 0 Å². The van der Waals surface area contributed by atoms with Gasteiger partial charge in [0.1, 0.15) is 5.52 Å². The number of oxazole rings is 1. The number of aromatic nitrogens is 1. The third-order valence-corrected chi connectivity index (χ3v) is 1.74. The lowest BCUT2D eigenvalue weighted by Gasteiger charge is -1.92. The van der Waals surface area contributed by atoms with E-state index in [1.165, 1.54) is 13.3 Å². The normalized spacial score (nSPS) is 10.4. The largest absolute Gasteiger partial charge is 0.443 e. The van der Waals surface area contributed by atoms with Crippen LogP contribution in [0.5, 0.6) is 0 Å². The predicted molar refractivity (Wildman–Crippen MR) is 44.0 cm³/mol. The number of fused-ring (bicyclic) bond motifs is 1. The van der Waals surface area contributed by atoms with Crippen molar-refractivity contribution in [1.29, 1.82) is 0 Å². The van der Waals surface area contributed by atoms with Gasteiger partial charge in [-0.25, -0.2) is 4.98 Å². The highest BCUT2D eigenvalue weighted by Crippen LogP contribution is 2.14. The molecule has 1 aromatic heterocycles. The molecular weight excluding hydrogens is 154 g/mol. The van der Waals surface area contributed by atoms with E-state index in [1.54, 1.807) is 18.2 Å². The van der Waals surface area contributed by atoms with Crippen molar-refractivity contribution in [3.63, 3.8) is 0 Å². The average molecular weight is 161 g/mol. The van der Waals surface area contributed by atoms with Crippen LogP contribution in [0.2, 0.25) is 0 Å². The fraction of sp³-hybridized carbons (Fsp3) is 0.111. The lowest BCUT2D eigenvalue weighted by Crippen LogP contribution is -1.90. The Labute approximate surface area is 69.0 Å². The molecule has 0 N–H and O–H groups in total. The Kier molecular flexibility index (Phi) is 1.43. The molecule has 0 saturated heterocycles. The molecule has 0 amide bonds. The Hall–Kier alpha value is -1.64. The van der Waals surface area contributed by atoms with Crippen LogP contribution >= 0.6 is 0 Å². The number of hydrogen-bond donors (Lipinski definition) is 0. The number of carbonyl (C=O) groups is 1. The minimum Gasteiger partial charge on any atom is -0.443 e. The van der Waals surface area contributed by atoms with Crippen LogP contribution in [0.3, 0.4) is 0 Å². The lowest BCUT2D eigenvalue weighted by molar-refractivity contribution is 0.101. The minimum absolute atomic E-state index is 0.0416. The molecule has 2 rings (SSSR count). The first kappa shape index (κ1) is 7.03. The van der Waals surface area contributed by atoms with Crippen molar-refractivity contribution in [1.82, 2.24) is 4.98 Å². The summed E-state index contributed by atoms with van der Waals surface area (Å²) in [5.41, 5.74) is 2.10. The fourth-order valence-corrected chi connectivity index (χ4v) is 1.08. The zero-order valence-corrected chi connectivity index (χ0v) is 6.57. The molecule has 3 nitrogen and oxygen atoms in total. The zero-order valence-electron chi connectivity index (χ0n) is 6.57. The van der Waals surface area contributed by atoms with Crippen molar-refractivity contribution in [2.75, 3.05) is 0 Å². The summed E-state index contributed by atoms with van der Waals surface area (Å²) in [5.74, 6) is 0.0416. The van der Waals surface area contributed by atoms with Crippen LogP contribution < -0.4 is 0 Å². The summed E-state index contributed by atoms with van der Waals surface area (Å²) < 4.78 is 5.03. The summed E-state index contributed by atoms with van der Waals surface area (Å²) in [5, 5.41) is 0. The summed E-state index contributed by atoms with van der Waals surface area (Å²) in [7, 11) is 0. The Morgan fingerprint density at radius 1 is 1.50 bits per heavy atom. The van der Waals surface area contributed by atoms with E-state index in [4.69, 9.17) is 4.42 Å². The van der Waals surface area contributed by atoms with Gasteiger partial charge in [0.2, 0.25) is 0 Å². The summed E-state index contributed by atoms with van der Waals surface area (Å²) in [6.07, 6.45) is 1.37. The number of hydrogen-bond acceptors (Lipinski definition) is 3. The number of carbonyl (C=O) groups excluding carboxylic acids is 1. The van der Waals surface area contributed by atoms with E-state index in [0.717, 1.165) is 5.52 Å². The van der Waals surface area contributed by atoms with Crippen molar-refractivity contribution >= 4 is 16.9 Å². The molecule has 0 aliphatic rings. The second-order valence-corrected chi connectivity index (χ2v) is 2.59. The first-order valence-corrected chi connectivity index (χ1v) is 3.61. The highest BCUT2D eigenvalue weighted by atomic mass is 16.3. The van der Waals surface area contributed by atoms with Gasteiger partial charge in [-0.2, -0.15) is 0 Å². The van der Waals surface area contributed by atoms with E-state index in [0.29, 0.717) is 11.1 Å². The molecule has 0 aliphatic heterocycles. The number of Topliss-reactive ketones (excluding diaryl/α,β-unsaturated/α-hetero) is 1. The van der Waals surface area contributed by atoms with Gasteiger partial charge in [-0.3, -0.25) is 4.79 Å². The Morgan fingerprint density at radius 3 is 3.08 bits per heavy atom. The molecule has 0 radical (unpaired) electrons. The van der Waals surface area contributed by atoms with E-state index in [-0.39, 0.29) is 5.78 Å².